The van der Waals surface area contributed by atoms with Gasteiger partial charge in [0.15, 0.2) is 5.96 Å². The molecule has 8 nitrogen and oxygen atoms in total. The van der Waals surface area contributed by atoms with E-state index < -0.39 is 0 Å². The maximum atomic E-state index is 5.46. The van der Waals surface area contributed by atoms with Crippen molar-refractivity contribution >= 4 is 29.9 Å². The van der Waals surface area contributed by atoms with Gasteiger partial charge in [-0.1, -0.05) is 24.3 Å². The van der Waals surface area contributed by atoms with Gasteiger partial charge in [-0.2, -0.15) is 5.10 Å². The van der Waals surface area contributed by atoms with Gasteiger partial charge in [-0.15, -0.1) is 24.0 Å². The smallest absolute Gasteiger partial charge is 0.191 e. The fourth-order valence-electron chi connectivity index (χ4n) is 2.47. The van der Waals surface area contributed by atoms with Crippen LogP contribution in [0.2, 0.25) is 0 Å². The number of nitrogens with one attached hydrogen (secondary N) is 2. The molecule has 0 saturated carbocycles. The molecular formula is C19H31IN6O2. The summed E-state index contributed by atoms with van der Waals surface area (Å²) < 4.78 is 12.2. The van der Waals surface area contributed by atoms with Crippen LogP contribution in [0.4, 0.5) is 0 Å². The van der Waals surface area contributed by atoms with E-state index >= 15 is 0 Å². The molecule has 0 aliphatic heterocycles. The van der Waals surface area contributed by atoms with Crippen molar-refractivity contribution in [3.63, 3.8) is 0 Å². The first-order valence-corrected chi connectivity index (χ1v) is 9.31. The fourth-order valence-corrected chi connectivity index (χ4v) is 2.47. The second-order valence-corrected chi connectivity index (χ2v) is 5.99. The van der Waals surface area contributed by atoms with Crippen LogP contribution in [0.3, 0.4) is 0 Å². The second-order valence-electron chi connectivity index (χ2n) is 5.99. The normalized spacial score (nSPS) is 11.1. The van der Waals surface area contributed by atoms with E-state index in [-0.39, 0.29) is 24.0 Å². The molecule has 0 saturated heterocycles. The Morgan fingerprint density at radius 2 is 2.04 bits per heavy atom. The molecular weight excluding hydrogens is 471 g/mol. The Kier molecular flexibility index (Phi) is 13.2. The Hall–Kier alpha value is -1.72. The average Bonchev–Trinajstić information content (AvgIpc) is 3.18. The van der Waals surface area contributed by atoms with Crippen LogP contribution >= 0.6 is 24.0 Å². The number of nitrogens with zero attached hydrogens (tertiary/aromatic N) is 4. The maximum Gasteiger partial charge on any atom is 0.191 e. The second kappa shape index (κ2) is 15.2. The number of ether oxygens (including phenoxy) is 2. The first-order valence-electron chi connectivity index (χ1n) is 9.31. The van der Waals surface area contributed by atoms with Gasteiger partial charge in [0.25, 0.3) is 0 Å². The molecule has 2 rings (SSSR count). The summed E-state index contributed by atoms with van der Waals surface area (Å²) in [4.78, 5) is 8.64. The molecule has 1 heterocycles. The third-order valence-electron chi connectivity index (χ3n) is 3.76. The number of aromatic nitrogens is 3. The van der Waals surface area contributed by atoms with E-state index in [0.29, 0.717) is 32.9 Å². The van der Waals surface area contributed by atoms with Gasteiger partial charge in [-0.25, -0.2) is 14.7 Å². The first kappa shape index (κ1) is 24.3. The van der Waals surface area contributed by atoms with Crippen LogP contribution in [-0.4, -0.2) is 60.7 Å². The number of methoxy groups -OCH3 is 1. The molecule has 0 bridgehead atoms. The van der Waals surface area contributed by atoms with Crippen molar-refractivity contribution in [1.82, 2.24) is 25.4 Å². The Morgan fingerprint density at radius 3 is 2.79 bits per heavy atom. The highest BCUT2D eigenvalue weighted by molar-refractivity contribution is 14.0. The molecule has 0 fully saturated rings. The van der Waals surface area contributed by atoms with Crippen LogP contribution in [0.15, 0.2) is 41.9 Å². The lowest BCUT2D eigenvalue weighted by Crippen LogP contribution is -2.38. The molecule has 156 valence electrons. The molecule has 0 atom stereocenters. The summed E-state index contributed by atoms with van der Waals surface area (Å²) in [6, 6.07) is 8.37. The topological polar surface area (TPSA) is 85.6 Å². The summed E-state index contributed by atoms with van der Waals surface area (Å²) in [6.45, 7) is 6.99. The minimum Gasteiger partial charge on any atom is -0.382 e. The van der Waals surface area contributed by atoms with Crippen molar-refractivity contribution in [2.24, 2.45) is 4.99 Å². The lowest BCUT2D eigenvalue weighted by molar-refractivity contribution is 0.0698. The largest absolute Gasteiger partial charge is 0.382 e. The molecule has 0 amide bonds. The lowest BCUT2D eigenvalue weighted by atomic mass is 10.1. The highest BCUT2D eigenvalue weighted by Crippen LogP contribution is 2.08. The summed E-state index contributed by atoms with van der Waals surface area (Å²) >= 11 is 0. The van der Waals surface area contributed by atoms with Gasteiger partial charge in [0, 0.05) is 26.8 Å². The van der Waals surface area contributed by atoms with E-state index in [9.17, 15) is 0 Å². The summed E-state index contributed by atoms with van der Waals surface area (Å²) in [5.74, 6) is 0.816. The van der Waals surface area contributed by atoms with Crippen LogP contribution in [0.25, 0.3) is 0 Å². The summed E-state index contributed by atoms with van der Waals surface area (Å²) in [7, 11) is 1.67. The van der Waals surface area contributed by atoms with Gasteiger partial charge in [-0.3, -0.25) is 0 Å². The number of aliphatic imine (C=N–C) groups is 1. The van der Waals surface area contributed by atoms with Crippen molar-refractivity contribution in [3.8, 4) is 0 Å². The van der Waals surface area contributed by atoms with E-state index in [4.69, 9.17) is 9.47 Å². The number of hydrogen-bond acceptors (Lipinski definition) is 5. The van der Waals surface area contributed by atoms with Crippen molar-refractivity contribution in [2.45, 2.75) is 26.4 Å². The van der Waals surface area contributed by atoms with E-state index in [1.807, 2.05) is 4.68 Å². The van der Waals surface area contributed by atoms with E-state index in [2.05, 4.69) is 56.9 Å². The Morgan fingerprint density at radius 1 is 1.18 bits per heavy atom. The van der Waals surface area contributed by atoms with Crippen LogP contribution in [0.1, 0.15) is 24.5 Å². The molecule has 9 heteroatoms. The zero-order chi connectivity index (χ0) is 19.2. The van der Waals surface area contributed by atoms with Gasteiger partial charge >= 0.3 is 0 Å². The van der Waals surface area contributed by atoms with E-state index in [0.717, 1.165) is 31.0 Å². The Balaban J connectivity index is 0.00000392. The molecule has 1 aromatic heterocycles. The van der Waals surface area contributed by atoms with Crippen molar-refractivity contribution in [1.29, 1.82) is 0 Å². The number of benzene rings is 1. The van der Waals surface area contributed by atoms with E-state index in [1.165, 1.54) is 5.56 Å². The van der Waals surface area contributed by atoms with Crippen molar-refractivity contribution in [2.75, 3.05) is 40.0 Å². The van der Waals surface area contributed by atoms with E-state index in [1.54, 1.807) is 19.8 Å². The van der Waals surface area contributed by atoms with Crippen molar-refractivity contribution < 1.29 is 9.47 Å². The fraction of sp³-hybridized carbons (Fsp3) is 0.526. The highest BCUT2D eigenvalue weighted by Gasteiger charge is 2.00. The van der Waals surface area contributed by atoms with Gasteiger partial charge in [-0.05, 0) is 24.5 Å². The van der Waals surface area contributed by atoms with Gasteiger partial charge < -0.3 is 20.1 Å². The molecule has 2 N–H and O–H groups in total. The van der Waals surface area contributed by atoms with Crippen LogP contribution < -0.4 is 10.6 Å². The highest BCUT2D eigenvalue weighted by atomic mass is 127. The quantitative estimate of drug-likeness (QED) is 0.200. The molecule has 0 radical (unpaired) electrons. The van der Waals surface area contributed by atoms with Crippen LogP contribution in [0.5, 0.6) is 0 Å². The molecule has 0 unspecified atom stereocenters. The van der Waals surface area contributed by atoms with Gasteiger partial charge in [0.1, 0.15) is 12.7 Å². The number of rotatable bonds is 12. The standard InChI is InChI=1S/C19H30N6O2.HI/c1-3-21-19(22-8-5-9-27-11-10-26-2)23-13-17-6-4-7-18(12-17)14-25-16-20-15-24-25;/h4,6-7,12,15-16H,3,5,8-11,13-14H2,1-2H3,(H2,21,22,23);1H. The molecule has 0 spiro atoms. The van der Waals surface area contributed by atoms with Crippen LogP contribution in [0, 0.1) is 0 Å². The first-order chi connectivity index (χ1) is 13.3. The number of halogens is 1. The average molecular weight is 502 g/mol. The summed E-state index contributed by atoms with van der Waals surface area (Å²) in [6.07, 6.45) is 4.18. The Bertz CT molecular complexity index is 666. The van der Waals surface area contributed by atoms with Gasteiger partial charge in [0.2, 0.25) is 0 Å². The number of guanidine groups is 1. The lowest BCUT2D eigenvalue weighted by Gasteiger charge is -2.11. The predicted molar refractivity (Wildman–Crippen MR) is 121 cm³/mol. The minimum absolute atomic E-state index is 0. The SMILES string of the molecule is CCNC(=NCc1cccc(Cn2cncn2)c1)NCCCOCCOC.I. The van der Waals surface area contributed by atoms with Gasteiger partial charge in [0.05, 0.1) is 26.3 Å². The van der Waals surface area contributed by atoms with Crippen molar-refractivity contribution in [3.05, 3.63) is 48.0 Å². The zero-order valence-corrected chi connectivity index (χ0v) is 19.0. The third kappa shape index (κ3) is 10.00. The molecule has 0 aliphatic rings. The zero-order valence-electron chi connectivity index (χ0n) is 16.6. The molecule has 28 heavy (non-hydrogen) atoms. The minimum atomic E-state index is 0. The monoisotopic (exact) mass is 502 g/mol. The Labute approximate surface area is 184 Å². The molecule has 0 aliphatic carbocycles. The number of hydrogen-bond donors (Lipinski definition) is 2. The summed E-state index contributed by atoms with van der Waals surface area (Å²) in [5, 5.41) is 10.8. The third-order valence-corrected chi connectivity index (χ3v) is 3.76. The van der Waals surface area contributed by atoms with Crippen LogP contribution in [-0.2, 0) is 22.6 Å². The maximum absolute atomic E-state index is 5.46. The predicted octanol–water partition coefficient (Wildman–Crippen LogP) is 2.05. The molecule has 2 aromatic rings. The molecule has 1 aromatic carbocycles. The summed E-state index contributed by atoms with van der Waals surface area (Å²) in [5.41, 5.74) is 2.34.